The van der Waals surface area contributed by atoms with Crippen LogP contribution in [-0.2, 0) is 9.53 Å². The first-order valence-electron chi connectivity index (χ1n) is 13.2. The predicted octanol–water partition coefficient (Wildman–Crippen LogP) is 5.65. The standard InChI is InChI=1S/C28H36F2N2O6/c1-17-6-7-20-18(2)36-23-14-19(13-22(33)25(23)21(20)12-17)37-26(35)32-11-10-28(29,30)38-24(34)15-27(16-31)8-4-3-5-9-27/h12-14,20-21,33H,2-11,15-16,31H2,1H3,(H,32,35)/t20-,21+/m0/s1. The molecule has 0 aromatic heterocycles. The fourth-order valence-corrected chi connectivity index (χ4v) is 5.77. The second-order valence-corrected chi connectivity index (χ2v) is 10.7. The Morgan fingerprint density at radius 1 is 1.29 bits per heavy atom. The van der Waals surface area contributed by atoms with Crippen LogP contribution in [-0.4, -0.2) is 36.4 Å². The highest BCUT2D eigenvalue weighted by atomic mass is 19.3. The van der Waals surface area contributed by atoms with E-state index in [1.807, 2.05) is 6.92 Å². The number of benzene rings is 1. The van der Waals surface area contributed by atoms with Crippen molar-refractivity contribution in [3.05, 3.63) is 41.7 Å². The Morgan fingerprint density at radius 3 is 2.74 bits per heavy atom. The van der Waals surface area contributed by atoms with Gasteiger partial charge in [0.05, 0.1) is 12.8 Å². The molecular formula is C28H36F2N2O6. The number of phenols is 1. The van der Waals surface area contributed by atoms with Gasteiger partial charge in [-0.2, -0.15) is 8.78 Å². The highest BCUT2D eigenvalue weighted by molar-refractivity contribution is 5.72. The molecule has 1 amide bonds. The summed E-state index contributed by atoms with van der Waals surface area (Å²) in [5.41, 5.74) is 7.15. The van der Waals surface area contributed by atoms with Crippen molar-refractivity contribution in [1.29, 1.82) is 0 Å². The third kappa shape index (κ3) is 6.46. The van der Waals surface area contributed by atoms with Gasteiger partial charge in [-0.1, -0.05) is 37.5 Å². The lowest BCUT2D eigenvalue weighted by atomic mass is 9.72. The first-order valence-corrected chi connectivity index (χ1v) is 13.2. The number of rotatable bonds is 8. The third-order valence-corrected chi connectivity index (χ3v) is 7.85. The number of aromatic hydroxyl groups is 1. The van der Waals surface area contributed by atoms with E-state index in [1.54, 1.807) is 0 Å². The summed E-state index contributed by atoms with van der Waals surface area (Å²) in [7, 11) is 0. The molecule has 2 aliphatic carbocycles. The molecule has 1 aromatic carbocycles. The minimum Gasteiger partial charge on any atom is -0.507 e. The molecule has 1 aliphatic heterocycles. The predicted molar refractivity (Wildman–Crippen MR) is 136 cm³/mol. The average Bonchev–Trinajstić information content (AvgIpc) is 2.83. The number of nitrogens with two attached hydrogens (primary N) is 1. The minimum atomic E-state index is -3.75. The molecule has 208 valence electrons. The van der Waals surface area contributed by atoms with E-state index >= 15 is 0 Å². The zero-order valence-corrected chi connectivity index (χ0v) is 21.7. The molecular weight excluding hydrogens is 498 g/mol. The second kappa shape index (κ2) is 11.3. The first kappa shape index (κ1) is 27.9. The van der Waals surface area contributed by atoms with E-state index in [9.17, 15) is 23.5 Å². The van der Waals surface area contributed by atoms with E-state index in [0.717, 1.165) is 32.1 Å². The van der Waals surface area contributed by atoms with Crippen LogP contribution in [0.3, 0.4) is 0 Å². The number of ether oxygens (including phenoxy) is 3. The molecule has 1 heterocycles. The van der Waals surface area contributed by atoms with E-state index in [1.165, 1.54) is 17.7 Å². The van der Waals surface area contributed by atoms with E-state index < -0.39 is 36.6 Å². The van der Waals surface area contributed by atoms with Gasteiger partial charge >= 0.3 is 18.2 Å². The van der Waals surface area contributed by atoms with E-state index in [-0.39, 0.29) is 36.3 Å². The molecule has 0 spiro atoms. The summed E-state index contributed by atoms with van der Waals surface area (Å²) < 4.78 is 43.9. The van der Waals surface area contributed by atoms with Crippen molar-refractivity contribution in [2.45, 2.75) is 76.7 Å². The van der Waals surface area contributed by atoms with Gasteiger partial charge in [-0.3, -0.25) is 4.79 Å². The Kier molecular flexibility index (Phi) is 8.30. The zero-order chi connectivity index (χ0) is 27.5. The molecule has 1 fully saturated rings. The normalized spacial score (nSPS) is 22.3. The fraction of sp³-hybridized carbons (Fsp3) is 0.571. The van der Waals surface area contributed by atoms with Crippen molar-refractivity contribution in [2.75, 3.05) is 13.1 Å². The number of phenolic OH excluding ortho intramolecular Hbond substituents is 1. The number of halogens is 2. The molecule has 4 N–H and O–H groups in total. The van der Waals surface area contributed by atoms with Crippen molar-refractivity contribution < 1.29 is 37.7 Å². The van der Waals surface area contributed by atoms with Crippen molar-refractivity contribution in [2.24, 2.45) is 17.1 Å². The fourth-order valence-electron chi connectivity index (χ4n) is 5.77. The highest BCUT2D eigenvalue weighted by Gasteiger charge is 2.39. The Labute approximate surface area is 221 Å². The third-order valence-electron chi connectivity index (χ3n) is 7.85. The van der Waals surface area contributed by atoms with Crippen LogP contribution in [0.5, 0.6) is 17.2 Å². The van der Waals surface area contributed by atoms with Crippen LogP contribution in [0.2, 0.25) is 0 Å². The summed E-state index contributed by atoms with van der Waals surface area (Å²) in [5, 5.41) is 12.9. The van der Waals surface area contributed by atoms with Crippen LogP contribution in [0.15, 0.2) is 36.1 Å². The molecule has 1 saturated carbocycles. The van der Waals surface area contributed by atoms with Gasteiger partial charge in [0.1, 0.15) is 23.0 Å². The van der Waals surface area contributed by atoms with Gasteiger partial charge in [0.25, 0.3) is 0 Å². The van der Waals surface area contributed by atoms with Gasteiger partial charge in [-0.25, -0.2) is 4.79 Å². The van der Waals surface area contributed by atoms with Gasteiger partial charge in [-0.05, 0) is 44.6 Å². The smallest absolute Gasteiger partial charge is 0.412 e. The van der Waals surface area contributed by atoms with Crippen LogP contribution in [0, 0.1) is 11.3 Å². The number of esters is 1. The number of carbonyl (C=O) groups excluding carboxylic acids is 2. The number of carbonyl (C=O) groups is 2. The van der Waals surface area contributed by atoms with Gasteiger partial charge in [-0.15, -0.1) is 0 Å². The SMILES string of the molecule is C=C1Oc2cc(OC(=O)NCCC(F)(F)OC(=O)CC3(CN)CCCCC3)cc(O)c2[C@@H]2C=C(C)CC[C@@H]12. The van der Waals surface area contributed by atoms with Crippen molar-refractivity contribution in [3.8, 4) is 17.2 Å². The Morgan fingerprint density at radius 2 is 2.03 bits per heavy atom. The van der Waals surface area contributed by atoms with Crippen molar-refractivity contribution >= 4 is 12.1 Å². The van der Waals surface area contributed by atoms with Crippen LogP contribution in [0.1, 0.15) is 76.2 Å². The van der Waals surface area contributed by atoms with Gasteiger partial charge < -0.3 is 30.4 Å². The largest absolute Gasteiger partial charge is 0.507 e. The molecule has 10 heteroatoms. The van der Waals surface area contributed by atoms with Crippen molar-refractivity contribution in [1.82, 2.24) is 5.32 Å². The van der Waals surface area contributed by atoms with E-state index in [0.29, 0.717) is 29.9 Å². The lowest BCUT2D eigenvalue weighted by Crippen LogP contribution is -2.38. The molecule has 4 rings (SSSR count). The number of hydrogen-bond donors (Lipinski definition) is 3. The molecule has 2 atom stereocenters. The summed E-state index contributed by atoms with van der Waals surface area (Å²) in [6.07, 6.45) is 2.34. The number of allylic oxidation sites excluding steroid dienone is 3. The molecule has 8 nitrogen and oxygen atoms in total. The number of amides is 1. The summed E-state index contributed by atoms with van der Waals surface area (Å²) in [5.74, 6) is -0.246. The summed E-state index contributed by atoms with van der Waals surface area (Å²) in [6.45, 7) is 5.78. The quantitative estimate of drug-likeness (QED) is 0.291. The lowest BCUT2D eigenvalue weighted by Gasteiger charge is -2.36. The maximum atomic E-state index is 14.2. The Balaban J connectivity index is 1.29. The molecule has 0 unspecified atom stereocenters. The molecule has 0 saturated heterocycles. The molecule has 38 heavy (non-hydrogen) atoms. The Bertz CT molecular complexity index is 1110. The topological polar surface area (TPSA) is 120 Å². The molecule has 0 bridgehead atoms. The number of fused-ring (bicyclic) bond motifs is 3. The van der Waals surface area contributed by atoms with Gasteiger partial charge in [0.15, 0.2) is 0 Å². The van der Waals surface area contributed by atoms with Gasteiger partial charge in [0, 0.05) is 36.1 Å². The highest BCUT2D eigenvalue weighted by Crippen LogP contribution is 2.51. The number of hydrogen-bond acceptors (Lipinski definition) is 7. The molecule has 1 aromatic rings. The van der Waals surface area contributed by atoms with Crippen LogP contribution in [0.25, 0.3) is 0 Å². The second-order valence-electron chi connectivity index (χ2n) is 10.7. The van der Waals surface area contributed by atoms with E-state index in [4.69, 9.17) is 15.2 Å². The minimum absolute atomic E-state index is 0.0146. The monoisotopic (exact) mass is 534 g/mol. The number of nitrogens with one attached hydrogen (secondary N) is 1. The van der Waals surface area contributed by atoms with Crippen molar-refractivity contribution in [3.63, 3.8) is 0 Å². The summed E-state index contributed by atoms with van der Waals surface area (Å²) >= 11 is 0. The molecule has 3 aliphatic rings. The number of alkyl halides is 2. The summed E-state index contributed by atoms with van der Waals surface area (Å²) in [4.78, 5) is 24.4. The lowest BCUT2D eigenvalue weighted by molar-refractivity contribution is -0.236. The van der Waals surface area contributed by atoms with Gasteiger partial charge in [0.2, 0.25) is 0 Å². The maximum absolute atomic E-state index is 14.2. The van der Waals surface area contributed by atoms with Crippen LogP contribution in [0.4, 0.5) is 13.6 Å². The Hall–Kier alpha value is -3.14. The molecule has 0 radical (unpaired) electrons. The maximum Gasteiger partial charge on any atom is 0.412 e. The average molecular weight is 535 g/mol. The van der Waals surface area contributed by atoms with Crippen LogP contribution >= 0.6 is 0 Å². The zero-order valence-electron chi connectivity index (χ0n) is 21.7. The van der Waals surface area contributed by atoms with E-state index in [2.05, 4.69) is 22.7 Å². The van der Waals surface area contributed by atoms with Crippen LogP contribution < -0.4 is 20.5 Å². The summed E-state index contributed by atoms with van der Waals surface area (Å²) in [6, 6.07) is 2.75. The first-order chi connectivity index (χ1) is 18.0.